The maximum Gasteiger partial charge on any atom is 0.338 e. The number of benzene rings is 1. The maximum absolute atomic E-state index is 12.6. The van der Waals surface area contributed by atoms with E-state index in [1.54, 1.807) is 19.1 Å². The van der Waals surface area contributed by atoms with Crippen molar-refractivity contribution in [3.05, 3.63) is 29.0 Å². The number of methoxy groups -OCH3 is 4. The van der Waals surface area contributed by atoms with Crippen LogP contribution in [0.1, 0.15) is 18.5 Å². The summed E-state index contributed by atoms with van der Waals surface area (Å²) in [4.78, 5) is 24.6. The molecule has 1 aromatic rings. The number of nitrogens with one attached hydrogen (secondary N) is 2. The van der Waals surface area contributed by atoms with Gasteiger partial charge in [0.15, 0.2) is 11.5 Å². The number of amides is 2. The number of allylic oxidation sites excluding steroid dienone is 1. The highest BCUT2D eigenvalue weighted by molar-refractivity contribution is 5.95. The molecule has 1 aromatic carbocycles. The number of esters is 1. The summed E-state index contributed by atoms with van der Waals surface area (Å²) in [5.41, 5.74) is 1.26. The van der Waals surface area contributed by atoms with Crippen molar-refractivity contribution in [2.45, 2.75) is 13.0 Å². The second-order valence-corrected chi connectivity index (χ2v) is 5.66. The van der Waals surface area contributed by atoms with Gasteiger partial charge in [0.2, 0.25) is 5.75 Å². The lowest BCUT2D eigenvalue weighted by molar-refractivity contribution is -0.140. The molecule has 0 saturated carbocycles. The zero-order valence-corrected chi connectivity index (χ0v) is 16.0. The van der Waals surface area contributed by atoms with Crippen molar-refractivity contribution in [2.75, 3.05) is 41.7 Å². The van der Waals surface area contributed by atoms with E-state index < -0.39 is 18.0 Å². The normalized spacial score (nSPS) is 16.3. The van der Waals surface area contributed by atoms with Gasteiger partial charge in [0, 0.05) is 12.8 Å². The van der Waals surface area contributed by atoms with Crippen molar-refractivity contribution in [2.24, 2.45) is 0 Å². The van der Waals surface area contributed by atoms with E-state index in [2.05, 4.69) is 10.6 Å². The van der Waals surface area contributed by atoms with Crippen LogP contribution in [0.3, 0.4) is 0 Å². The first-order valence-electron chi connectivity index (χ1n) is 8.21. The highest BCUT2D eigenvalue weighted by Gasteiger charge is 2.33. The molecule has 2 N–H and O–H groups in total. The van der Waals surface area contributed by atoms with Crippen molar-refractivity contribution in [1.82, 2.24) is 10.6 Å². The molecular weight excluding hydrogens is 356 g/mol. The molecule has 9 heteroatoms. The predicted molar refractivity (Wildman–Crippen MR) is 96.0 cm³/mol. The molecule has 148 valence electrons. The molecule has 1 heterocycles. The second-order valence-electron chi connectivity index (χ2n) is 5.66. The SMILES string of the molecule is COCCOC(=O)C1=C(C)NC(=O)N[C@@H]1c1cc(OC)c(OC)c(OC)c1. The van der Waals surface area contributed by atoms with E-state index in [4.69, 9.17) is 23.7 Å². The van der Waals surface area contributed by atoms with Crippen LogP contribution in [0.5, 0.6) is 17.2 Å². The van der Waals surface area contributed by atoms with Crippen LogP contribution < -0.4 is 24.8 Å². The Balaban J connectivity index is 2.48. The summed E-state index contributed by atoms with van der Waals surface area (Å²) in [6.45, 7) is 2.01. The van der Waals surface area contributed by atoms with Gasteiger partial charge in [-0.15, -0.1) is 0 Å². The van der Waals surface area contributed by atoms with Gasteiger partial charge in [-0.3, -0.25) is 0 Å². The lowest BCUT2D eigenvalue weighted by atomic mass is 9.95. The highest BCUT2D eigenvalue weighted by Crippen LogP contribution is 2.41. The number of hydrogen-bond donors (Lipinski definition) is 2. The van der Waals surface area contributed by atoms with Gasteiger partial charge >= 0.3 is 12.0 Å². The largest absolute Gasteiger partial charge is 0.493 e. The third-order valence-electron chi connectivity index (χ3n) is 4.03. The van der Waals surface area contributed by atoms with Gasteiger partial charge in [0.25, 0.3) is 0 Å². The van der Waals surface area contributed by atoms with Gasteiger partial charge in [0.05, 0.1) is 39.6 Å². The van der Waals surface area contributed by atoms with Gasteiger partial charge < -0.3 is 34.3 Å². The first kappa shape index (κ1) is 20.4. The molecule has 0 aliphatic carbocycles. The molecule has 1 aliphatic heterocycles. The monoisotopic (exact) mass is 380 g/mol. The first-order chi connectivity index (χ1) is 13.0. The summed E-state index contributed by atoms with van der Waals surface area (Å²) < 4.78 is 26.2. The topological polar surface area (TPSA) is 104 Å². The van der Waals surface area contributed by atoms with E-state index in [9.17, 15) is 9.59 Å². The minimum atomic E-state index is -0.748. The summed E-state index contributed by atoms with van der Waals surface area (Å²) in [6.07, 6.45) is 0. The molecule has 0 bridgehead atoms. The quantitative estimate of drug-likeness (QED) is 0.521. The molecule has 0 saturated heterocycles. The van der Waals surface area contributed by atoms with Crippen molar-refractivity contribution >= 4 is 12.0 Å². The van der Waals surface area contributed by atoms with Gasteiger partial charge in [-0.25, -0.2) is 9.59 Å². The van der Waals surface area contributed by atoms with Crippen molar-refractivity contribution in [3.8, 4) is 17.2 Å². The number of rotatable bonds is 8. The minimum absolute atomic E-state index is 0.0992. The number of carbonyl (C=O) groups is 2. The fourth-order valence-electron chi connectivity index (χ4n) is 2.78. The summed E-state index contributed by atoms with van der Waals surface area (Å²) in [6, 6.07) is 2.17. The van der Waals surface area contributed by atoms with Crippen LogP contribution in [0.15, 0.2) is 23.4 Å². The summed E-state index contributed by atoms with van der Waals surface area (Å²) in [5.74, 6) is 0.665. The summed E-state index contributed by atoms with van der Waals surface area (Å²) in [5, 5.41) is 5.32. The van der Waals surface area contributed by atoms with Gasteiger partial charge in [0.1, 0.15) is 6.61 Å². The number of ether oxygens (including phenoxy) is 5. The van der Waals surface area contributed by atoms with Crippen LogP contribution in [0.4, 0.5) is 4.79 Å². The number of hydrogen-bond acceptors (Lipinski definition) is 7. The van der Waals surface area contributed by atoms with Crippen molar-refractivity contribution < 1.29 is 33.3 Å². The maximum atomic E-state index is 12.6. The molecule has 1 aliphatic rings. The van der Waals surface area contributed by atoms with E-state index in [1.807, 2.05) is 0 Å². The standard InChI is InChI=1S/C18H24N2O7/c1-10-14(17(21)27-7-6-23-2)15(20-18(22)19-10)11-8-12(24-3)16(26-5)13(9-11)25-4/h8-9,15H,6-7H2,1-5H3,(H2,19,20,22)/t15-/m1/s1. The van der Waals surface area contributed by atoms with Crippen molar-refractivity contribution in [3.63, 3.8) is 0 Å². The zero-order valence-electron chi connectivity index (χ0n) is 16.0. The molecular formula is C18H24N2O7. The number of urea groups is 1. The van der Waals surface area contributed by atoms with Crippen LogP contribution in [0, 0.1) is 0 Å². The van der Waals surface area contributed by atoms with Gasteiger partial charge in [-0.2, -0.15) is 0 Å². The summed E-state index contributed by atoms with van der Waals surface area (Å²) in [7, 11) is 5.99. The third-order valence-corrected chi connectivity index (χ3v) is 4.03. The molecule has 2 amide bonds. The molecule has 9 nitrogen and oxygen atoms in total. The average molecular weight is 380 g/mol. The Labute approximate surface area is 157 Å². The Morgan fingerprint density at radius 3 is 2.19 bits per heavy atom. The molecule has 0 radical (unpaired) electrons. The molecule has 1 atom stereocenters. The fraction of sp³-hybridized carbons (Fsp3) is 0.444. The minimum Gasteiger partial charge on any atom is -0.493 e. The molecule has 0 unspecified atom stereocenters. The van der Waals surface area contributed by atoms with Crippen LogP contribution in [0.25, 0.3) is 0 Å². The molecule has 0 fully saturated rings. The predicted octanol–water partition coefficient (Wildman–Crippen LogP) is 1.53. The highest BCUT2D eigenvalue weighted by atomic mass is 16.6. The fourth-order valence-corrected chi connectivity index (χ4v) is 2.78. The molecule has 2 rings (SSSR count). The van der Waals surface area contributed by atoms with Crippen LogP contribution >= 0.6 is 0 Å². The Morgan fingerprint density at radius 1 is 1.04 bits per heavy atom. The lowest BCUT2D eigenvalue weighted by Gasteiger charge is -2.29. The zero-order chi connectivity index (χ0) is 20.0. The second kappa shape index (κ2) is 9.13. The summed E-state index contributed by atoms with van der Waals surface area (Å²) >= 11 is 0. The molecule has 27 heavy (non-hydrogen) atoms. The molecule has 0 spiro atoms. The molecule has 0 aromatic heterocycles. The Bertz CT molecular complexity index is 720. The van der Waals surface area contributed by atoms with Crippen LogP contribution in [-0.4, -0.2) is 53.7 Å². The van der Waals surface area contributed by atoms with Crippen molar-refractivity contribution in [1.29, 1.82) is 0 Å². The Morgan fingerprint density at radius 2 is 1.67 bits per heavy atom. The smallest absolute Gasteiger partial charge is 0.338 e. The Kier molecular flexibility index (Phi) is 6.89. The Hall–Kier alpha value is -2.94. The van der Waals surface area contributed by atoms with E-state index in [0.717, 1.165) is 0 Å². The van der Waals surface area contributed by atoms with Gasteiger partial charge in [-0.05, 0) is 24.6 Å². The van der Waals surface area contributed by atoms with E-state index in [0.29, 0.717) is 28.5 Å². The van der Waals surface area contributed by atoms with Crippen LogP contribution in [0.2, 0.25) is 0 Å². The van der Waals surface area contributed by atoms with E-state index in [1.165, 1.54) is 28.4 Å². The van der Waals surface area contributed by atoms with E-state index in [-0.39, 0.29) is 18.8 Å². The average Bonchev–Trinajstić information content (AvgIpc) is 2.66. The number of carbonyl (C=O) groups excluding carboxylic acids is 2. The first-order valence-corrected chi connectivity index (χ1v) is 8.21. The van der Waals surface area contributed by atoms with E-state index >= 15 is 0 Å². The third kappa shape index (κ3) is 4.43. The van der Waals surface area contributed by atoms with Gasteiger partial charge in [-0.1, -0.05) is 0 Å². The van der Waals surface area contributed by atoms with Crippen LogP contribution in [-0.2, 0) is 14.3 Å². The lowest BCUT2D eigenvalue weighted by Crippen LogP contribution is -2.45.